The number of anilines is 3. The Morgan fingerprint density at radius 2 is 2.10 bits per heavy atom. The molecule has 0 spiro atoms. The van der Waals surface area contributed by atoms with Crippen molar-refractivity contribution in [1.82, 2.24) is 0 Å². The Morgan fingerprint density at radius 3 is 2.90 bits per heavy atom. The highest BCUT2D eigenvalue weighted by atomic mass is 35.5. The SMILES string of the molecule is C[C@@H](OC(=O)c1ccc2c(c1)NC(=O)[C@@H]1CCCN21)C(=O)Nc1cccc(Cl)c1. The van der Waals surface area contributed by atoms with Gasteiger partial charge < -0.3 is 20.3 Å². The molecule has 2 atom stereocenters. The van der Waals surface area contributed by atoms with E-state index in [2.05, 4.69) is 15.5 Å². The van der Waals surface area contributed by atoms with E-state index in [0.717, 1.165) is 25.1 Å². The summed E-state index contributed by atoms with van der Waals surface area (Å²) in [7, 11) is 0. The first-order valence-electron chi connectivity index (χ1n) is 9.41. The van der Waals surface area contributed by atoms with Crippen molar-refractivity contribution in [2.24, 2.45) is 0 Å². The molecule has 0 unspecified atom stereocenters. The Morgan fingerprint density at radius 1 is 1.28 bits per heavy atom. The standard InChI is InChI=1S/C21H20ClN3O4/c1-12(19(26)23-15-5-2-4-14(22)11-15)29-21(28)13-7-8-17-16(10-13)24-20(27)18-6-3-9-25(17)18/h2,4-5,7-8,10-12,18H,3,6,9H2,1H3,(H,23,26)(H,24,27)/t12-,18+/m1/s1. The van der Waals surface area contributed by atoms with Gasteiger partial charge in [0.05, 0.1) is 16.9 Å². The summed E-state index contributed by atoms with van der Waals surface area (Å²) in [5.41, 5.74) is 2.26. The first-order chi connectivity index (χ1) is 13.9. The van der Waals surface area contributed by atoms with Crippen LogP contribution in [0, 0.1) is 0 Å². The Balaban J connectivity index is 1.44. The Hall–Kier alpha value is -3.06. The number of nitrogens with one attached hydrogen (secondary N) is 2. The van der Waals surface area contributed by atoms with Crippen LogP contribution in [0.1, 0.15) is 30.1 Å². The van der Waals surface area contributed by atoms with Gasteiger partial charge in [0.15, 0.2) is 6.10 Å². The second kappa shape index (κ2) is 7.75. The van der Waals surface area contributed by atoms with Crippen molar-refractivity contribution >= 4 is 46.4 Å². The second-order valence-electron chi connectivity index (χ2n) is 7.12. The van der Waals surface area contributed by atoms with E-state index in [0.29, 0.717) is 16.4 Å². The maximum absolute atomic E-state index is 12.5. The van der Waals surface area contributed by atoms with Crippen LogP contribution in [0.25, 0.3) is 0 Å². The zero-order valence-corrected chi connectivity index (χ0v) is 16.5. The van der Waals surface area contributed by atoms with Gasteiger partial charge in [-0.1, -0.05) is 17.7 Å². The number of ether oxygens (including phenoxy) is 1. The molecule has 0 radical (unpaired) electrons. The van der Waals surface area contributed by atoms with Gasteiger partial charge in [-0.25, -0.2) is 4.79 Å². The van der Waals surface area contributed by atoms with E-state index in [4.69, 9.17) is 16.3 Å². The molecule has 8 heteroatoms. The van der Waals surface area contributed by atoms with Crippen molar-refractivity contribution < 1.29 is 19.1 Å². The summed E-state index contributed by atoms with van der Waals surface area (Å²) in [6, 6.07) is 11.6. The van der Waals surface area contributed by atoms with E-state index in [1.54, 1.807) is 42.5 Å². The first kappa shape index (κ1) is 19.3. The van der Waals surface area contributed by atoms with E-state index in [1.807, 2.05) is 0 Å². The van der Waals surface area contributed by atoms with Crippen LogP contribution in [0.5, 0.6) is 0 Å². The van der Waals surface area contributed by atoms with Gasteiger partial charge in [0, 0.05) is 17.3 Å². The number of fused-ring (bicyclic) bond motifs is 3. The molecule has 2 aliphatic heterocycles. The molecule has 4 rings (SSSR count). The minimum Gasteiger partial charge on any atom is -0.449 e. The highest BCUT2D eigenvalue weighted by Gasteiger charge is 2.36. The molecular weight excluding hydrogens is 394 g/mol. The van der Waals surface area contributed by atoms with Crippen molar-refractivity contribution in [2.75, 3.05) is 22.1 Å². The third-order valence-corrected chi connectivity index (χ3v) is 5.34. The lowest BCUT2D eigenvalue weighted by molar-refractivity contribution is -0.123. The summed E-state index contributed by atoms with van der Waals surface area (Å²) >= 11 is 5.90. The number of rotatable bonds is 4. The monoisotopic (exact) mass is 413 g/mol. The van der Waals surface area contributed by atoms with Gasteiger partial charge in [0.2, 0.25) is 5.91 Å². The maximum atomic E-state index is 12.5. The predicted octanol–water partition coefficient (Wildman–Crippen LogP) is 3.44. The van der Waals surface area contributed by atoms with Gasteiger partial charge in [-0.2, -0.15) is 0 Å². The number of hydrogen-bond acceptors (Lipinski definition) is 5. The summed E-state index contributed by atoms with van der Waals surface area (Å²) in [6.07, 6.45) is 0.782. The summed E-state index contributed by atoms with van der Waals surface area (Å²) in [5, 5.41) is 6.01. The summed E-state index contributed by atoms with van der Waals surface area (Å²) in [6.45, 7) is 2.31. The molecule has 2 heterocycles. The topological polar surface area (TPSA) is 87.7 Å². The van der Waals surface area contributed by atoms with Crippen LogP contribution in [0.15, 0.2) is 42.5 Å². The molecule has 1 saturated heterocycles. The molecule has 0 saturated carbocycles. The quantitative estimate of drug-likeness (QED) is 0.749. The second-order valence-corrected chi connectivity index (χ2v) is 7.56. The highest BCUT2D eigenvalue weighted by Crippen LogP contribution is 2.37. The molecule has 2 aliphatic rings. The van der Waals surface area contributed by atoms with Crippen LogP contribution in [0.3, 0.4) is 0 Å². The number of hydrogen-bond donors (Lipinski definition) is 2. The van der Waals surface area contributed by atoms with E-state index < -0.39 is 18.0 Å². The van der Waals surface area contributed by atoms with Gasteiger partial charge in [0.25, 0.3) is 5.91 Å². The van der Waals surface area contributed by atoms with Gasteiger partial charge in [0.1, 0.15) is 6.04 Å². The van der Waals surface area contributed by atoms with Crippen molar-refractivity contribution in [2.45, 2.75) is 31.9 Å². The van der Waals surface area contributed by atoms with Gasteiger partial charge in [-0.15, -0.1) is 0 Å². The third-order valence-electron chi connectivity index (χ3n) is 5.10. The number of benzene rings is 2. The minimum absolute atomic E-state index is 0.0604. The Kier molecular flexibility index (Phi) is 5.15. The molecule has 0 aliphatic carbocycles. The molecule has 0 bridgehead atoms. The van der Waals surface area contributed by atoms with Gasteiger partial charge in [-0.05, 0) is 56.2 Å². The molecule has 7 nitrogen and oxygen atoms in total. The fourth-order valence-corrected chi connectivity index (χ4v) is 3.84. The highest BCUT2D eigenvalue weighted by molar-refractivity contribution is 6.30. The molecule has 2 aromatic carbocycles. The van der Waals surface area contributed by atoms with E-state index in [-0.39, 0.29) is 17.5 Å². The Labute approximate surface area is 173 Å². The number of halogens is 1. The lowest BCUT2D eigenvalue weighted by Crippen LogP contribution is -2.43. The first-order valence-corrected chi connectivity index (χ1v) is 9.79. The van der Waals surface area contributed by atoms with Gasteiger partial charge >= 0.3 is 5.97 Å². The lowest BCUT2D eigenvalue weighted by atomic mass is 10.1. The molecule has 29 heavy (non-hydrogen) atoms. The summed E-state index contributed by atoms with van der Waals surface area (Å²) < 4.78 is 5.29. The zero-order chi connectivity index (χ0) is 20.5. The van der Waals surface area contributed by atoms with Crippen LogP contribution in [0.4, 0.5) is 17.1 Å². The van der Waals surface area contributed by atoms with Crippen LogP contribution in [-0.2, 0) is 14.3 Å². The fourth-order valence-electron chi connectivity index (χ4n) is 3.65. The van der Waals surface area contributed by atoms with Gasteiger partial charge in [-0.3, -0.25) is 9.59 Å². The Bertz CT molecular complexity index is 994. The van der Waals surface area contributed by atoms with E-state index in [9.17, 15) is 14.4 Å². The third kappa shape index (κ3) is 3.91. The van der Waals surface area contributed by atoms with E-state index in [1.165, 1.54) is 6.92 Å². The van der Waals surface area contributed by atoms with Crippen LogP contribution in [-0.4, -0.2) is 36.5 Å². The lowest BCUT2D eigenvalue weighted by Gasteiger charge is -2.33. The van der Waals surface area contributed by atoms with Crippen LogP contribution in [0.2, 0.25) is 5.02 Å². The van der Waals surface area contributed by atoms with Crippen LogP contribution < -0.4 is 15.5 Å². The molecule has 150 valence electrons. The van der Waals surface area contributed by atoms with Crippen molar-refractivity contribution in [3.63, 3.8) is 0 Å². The zero-order valence-electron chi connectivity index (χ0n) is 15.8. The normalized spacial score (nSPS) is 18.3. The van der Waals surface area contributed by atoms with Crippen molar-refractivity contribution in [3.8, 4) is 0 Å². The number of carbonyl (C=O) groups is 3. The largest absolute Gasteiger partial charge is 0.449 e. The number of nitrogens with zero attached hydrogens (tertiary/aromatic N) is 1. The van der Waals surface area contributed by atoms with Crippen molar-refractivity contribution in [3.05, 3.63) is 53.1 Å². The predicted molar refractivity (Wildman–Crippen MR) is 110 cm³/mol. The number of esters is 1. The smallest absolute Gasteiger partial charge is 0.338 e. The van der Waals surface area contributed by atoms with E-state index >= 15 is 0 Å². The molecule has 2 amide bonds. The minimum atomic E-state index is -1.00. The summed E-state index contributed by atoms with van der Waals surface area (Å²) in [4.78, 5) is 39.1. The maximum Gasteiger partial charge on any atom is 0.338 e. The summed E-state index contributed by atoms with van der Waals surface area (Å²) in [5.74, 6) is -1.17. The average molecular weight is 414 g/mol. The molecule has 1 fully saturated rings. The number of carbonyl (C=O) groups excluding carboxylic acids is 3. The molecule has 2 N–H and O–H groups in total. The van der Waals surface area contributed by atoms with Crippen LogP contribution >= 0.6 is 11.6 Å². The average Bonchev–Trinajstić information content (AvgIpc) is 3.18. The number of amides is 2. The molecular formula is C21H20ClN3O4. The molecule has 0 aromatic heterocycles. The fraction of sp³-hybridized carbons (Fsp3) is 0.286. The molecule has 2 aromatic rings. The van der Waals surface area contributed by atoms with Crippen molar-refractivity contribution in [1.29, 1.82) is 0 Å².